The molecule has 26 heavy (non-hydrogen) atoms. The molecule has 2 aromatic carbocycles. The Balaban J connectivity index is 1.69. The molecule has 1 N–H and O–H groups in total. The zero-order valence-electron chi connectivity index (χ0n) is 13.6. The first-order chi connectivity index (χ1) is 12.5. The van der Waals surface area contributed by atoms with Gasteiger partial charge in [0.1, 0.15) is 0 Å². The molecule has 0 bridgehead atoms. The van der Waals surface area contributed by atoms with E-state index in [0.717, 1.165) is 0 Å². The van der Waals surface area contributed by atoms with Crippen molar-refractivity contribution in [3.63, 3.8) is 0 Å². The molecule has 0 spiro atoms. The third-order valence-corrected chi connectivity index (χ3v) is 4.48. The van der Waals surface area contributed by atoms with Crippen molar-refractivity contribution in [1.29, 1.82) is 0 Å². The Morgan fingerprint density at radius 3 is 2.69 bits per heavy atom. The fraction of sp³-hybridized carbons (Fsp3) is 0.167. The Hall–Kier alpha value is -2.74. The van der Waals surface area contributed by atoms with Crippen LogP contribution in [0.5, 0.6) is 0 Å². The van der Waals surface area contributed by atoms with Crippen molar-refractivity contribution in [2.75, 3.05) is 5.32 Å². The number of halogens is 2. The van der Waals surface area contributed by atoms with Gasteiger partial charge in [-0.2, -0.15) is 8.78 Å². The number of alkyl halides is 2. The van der Waals surface area contributed by atoms with Crippen LogP contribution in [0.1, 0.15) is 6.42 Å². The van der Waals surface area contributed by atoms with Crippen molar-refractivity contribution < 1.29 is 13.6 Å². The highest BCUT2D eigenvalue weighted by molar-refractivity contribution is 7.99. The lowest BCUT2D eigenvalue weighted by molar-refractivity contribution is -0.116. The molecule has 3 aromatic rings. The van der Waals surface area contributed by atoms with Crippen molar-refractivity contribution in [3.8, 4) is 0 Å². The molecule has 0 radical (unpaired) electrons. The first-order valence-electron chi connectivity index (χ1n) is 7.82. The summed E-state index contributed by atoms with van der Waals surface area (Å²) in [7, 11) is 0. The van der Waals surface area contributed by atoms with Crippen molar-refractivity contribution in [3.05, 3.63) is 65.2 Å². The highest BCUT2D eigenvalue weighted by atomic mass is 32.2. The molecule has 1 amide bonds. The maximum atomic E-state index is 12.6. The zero-order valence-corrected chi connectivity index (χ0v) is 14.4. The third kappa shape index (κ3) is 4.26. The number of amides is 1. The van der Waals surface area contributed by atoms with Crippen molar-refractivity contribution in [2.24, 2.45) is 0 Å². The van der Waals surface area contributed by atoms with Crippen LogP contribution in [-0.4, -0.2) is 21.2 Å². The summed E-state index contributed by atoms with van der Waals surface area (Å²) in [5.41, 5.74) is 0.694. The van der Waals surface area contributed by atoms with Gasteiger partial charge in [-0.05, 0) is 24.3 Å². The predicted molar refractivity (Wildman–Crippen MR) is 97.6 cm³/mol. The quantitative estimate of drug-likeness (QED) is 0.667. The van der Waals surface area contributed by atoms with Gasteiger partial charge in [0, 0.05) is 17.9 Å². The Bertz CT molecular complexity index is 991. The molecular weight excluding hydrogens is 360 g/mol. The third-order valence-electron chi connectivity index (χ3n) is 3.69. The number of hydrogen-bond donors (Lipinski definition) is 1. The number of carbonyl (C=O) groups excluding carboxylic acids is 1. The second kappa shape index (κ2) is 8.09. The number of aryl methyl sites for hydroxylation is 1. The van der Waals surface area contributed by atoms with Gasteiger partial charge < -0.3 is 5.32 Å². The standard InChI is InChI=1S/C18H15F2N3O2S/c19-18(20)26-15-8-4-3-7-14(15)22-16(24)9-10-23-11-21-13-6-2-1-5-12(13)17(23)25/h1-8,11,18H,9-10H2,(H,22,24). The van der Waals surface area contributed by atoms with Gasteiger partial charge in [-0.15, -0.1) is 0 Å². The van der Waals surface area contributed by atoms with Crippen molar-refractivity contribution in [1.82, 2.24) is 9.55 Å². The number of thioether (sulfide) groups is 1. The van der Waals surface area contributed by atoms with Crippen molar-refractivity contribution in [2.45, 2.75) is 23.6 Å². The van der Waals surface area contributed by atoms with Gasteiger partial charge in [0.15, 0.2) is 0 Å². The first-order valence-corrected chi connectivity index (χ1v) is 8.70. The molecule has 0 atom stereocenters. The predicted octanol–water partition coefficient (Wildman–Crippen LogP) is 3.74. The molecule has 8 heteroatoms. The normalized spacial score (nSPS) is 11.0. The van der Waals surface area contributed by atoms with E-state index < -0.39 is 5.76 Å². The minimum absolute atomic E-state index is 0.0214. The van der Waals surface area contributed by atoms with Gasteiger partial charge in [-0.1, -0.05) is 36.0 Å². The maximum absolute atomic E-state index is 12.6. The number of aromatic nitrogens is 2. The van der Waals surface area contributed by atoms with Crippen molar-refractivity contribution >= 4 is 34.3 Å². The number of hydrogen-bond acceptors (Lipinski definition) is 4. The number of para-hydroxylation sites is 2. The van der Waals surface area contributed by atoms with Crippen LogP contribution in [0, 0.1) is 0 Å². The van der Waals surface area contributed by atoms with E-state index in [4.69, 9.17) is 0 Å². The topological polar surface area (TPSA) is 64.0 Å². The second-order valence-corrected chi connectivity index (χ2v) is 6.46. The van der Waals surface area contributed by atoms with Gasteiger partial charge >= 0.3 is 0 Å². The Kier molecular flexibility index (Phi) is 5.62. The molecule has 0 saturated heterocycles. The molecular formula is C18H15F2N3O2S. The molecule has 5 nitrogen and oxygen atoms in total. The number of fused-ring (bicyclic) bond motifs is 1. The number of nitrogens with one attached hydrogen (secondary N) is 1. The average Bonchev–Trinajstić information content (AvgIpc) is 2.63. The molecule has 134 valence electrons. The summed E-state index contributed by atoms with van der Waals surface area (Å²) >= 11 is 0.372. The number of nitrogens with zero attached hydrogens (tertiary/aromatic N) is 2. The van der Waals surface area contributed by atoms with Crippen LogP contribution in [0.4, 0.5) is 14.5 Å². The van der Waals surface area contributed by atoms with Gasteiger partial charge in [-0.3, -0.25) is 14.2 Å². The van der Waals surface area contributed by atoms with E-state index in [1.165, 1.54) is 17.0 Å². The summed E-state index contributed by atoms with van der Waals surface area (Å²) in [5.74, 6) is -2.94. The lowest BCUT2D eigenvalue weighted by atomic mass is 10.2. The van der Waals surface area contributed by atoms with Crippen LogP contribution in [0.2, 0.25) is 0 Å². The maximum Gasteiger partial charge on any atom is 0.288 e. The molecule has 1 heterocycles. The fourth-order valence-electron chi connectivity index (χ4n) is 2.47. The number of carbonyl (C=O) groups is 1. The van der Waals surface area contributed by atoms with E-state index in [9.17, 15) is 18.4 Å². The summed E-state index contributed by atoms with van der Waals surface area (Å²) in [6.07, 6.45) is 1.42. The highest BCUT2D eigenvalue weighted by Gasteiger charge is 2.12. The SMILES string of the molecule is O=C(CCn1cnc2ccccc2c1=O)Nc1ccccc1SC(F)F. The largest absolute Gasteiger partial charge is 0.325 e. The smallest absolute Gasteiger partial charge is 0.288 e. The van der Waals surface area contributed by atoms with Crippen LogP contribution >= 0.6 is 11.8 Å². The van der Waals surface area contributed by atoms with E-state index in [-0.39, 0.29) is 24.4 Å². The van der Waals surface area contributed by atoms with Crippen LogP contribution in [0.3, 0.4) is 0 Å². The molecule has 0 aliphatic rings. The Labute approximate surface area is 152 Å². The second-order valence-electron chi connectivity index (χ2n) is 5.43. The van der Waals surface area contributed by atoms with Crippen LogP contribution in [0.15, 0.2) is 64.5 Å². The number of anilines is 1. The van der Waals surface area contributed by atoms with Gasteiger partial charge in [-0.25, -0.2) is 4.98 Å². The summed E-state index contributed by atoms with van der Waals surface area (Å²) in [5, 5.41) is 3.09. The molecule has 0 fully saturated rings. The minimum Gasteiger partial charge on any atom is -0.325 e. The molecule has 3 rings (SSSR count). The van der Waals surface area contributed by atoms with Gasteiger partial charge in [0.2, 0.25) is 5.91 Å². The minimum atomic E-state index is -2.57. The highest BCUT2D eigenvalue weighted by Crippen LogP contribution is 2.31. The van der Waals surface area contributed by atoms with Crippen LogP contribution in [-0.2, 0) is 11.3 Å². The zero-order chi connectivity index (χ0) is 18.5. The monoisotopic (exact) mass is 375 g/mol. The van der Waals surface area contributed by atoms with E-state index in [1.807, 2.05) is 0 Å². The molecule has 0 aliphatic heterocycles. The summed E-state index contributed by atoms with van der Waals surface area (Å²) in [6, 6.07) is 13.3. The summed E-state index contributed by atoms with van der Waals surface area (Å²) in [4.78, 5) is 29.0. The first kappa shape index (κ1) is 18.1. The Morgan fingerprint density at radius 2 is 1.88 bits per heavy atom. The van der Waals surface area contributed by atoms with Crippen LogP contribution in [0.25, 0.3) is 10.9 Å². The summed E-state index contributed by atoms with van der Waals surface area (Å²) < 4.78 is 26.5. The summed E-state index contributed by atoms with van der Waals surface area (Å²) in [6.45, 7) is 0.145. The lowest BCUT2D eigenvalue weighted by Gasteiger charge is -2.11. The van der Waals surface area contributed by atoms with Gasteiger partial charge in [0.25, 0.3) is 11.3 Å². The van der Waals surface area contributed by atoms with E-state index in [1.54, 1.807) is 42.5 Å². The number of rotatable bonds is 6. The number of benzene rings is 2. The van der Waals surface area contributed by atoms with Gasteiger partial charge in [0.05, 0.1) is 22.9 Å². The Morgan fingerprint density at radius 1 is 1.15 bits per heavy atom. The fourth-order valence-corrected chi connectivity index (χ4v) is 3.06. The molecule has 0 saturated carbocycles. The van der Waals surface area contributed by atoms with E-state index in [0.29, 0.717) is 33.2 Å². The molecule has 0 unspecified atom stereocenters. The van der Waals surface area contributed by atoms with E-state index >= 15 is 0 Å². The van der Waals surface area contributed by atoms with E-state index in [2.05, 4.69) is 10.3 Å². The van der Waals surface area contributed by atoms with Crippen LogP contribution < -0.4 is 10.9 Å². The lowest BCUT2D eigenvalue weighted by Crippen LogP contribution is -2.23. The molecule has 0 aliphatic carbocycles. The average molecular weight is 375 g/mol. The molecule has 1 aromatic heterocycles.